The molecule has 37 heavy (non-hydrogen) atoms. The van der Waals surface area contributed by atoms with Crippen LogP contribution in [0.1, 0.15) is 18.1 Å². The maximum Gasteiger partial charge on any atom is 0.269 e. The van der Waals surface area contributed by atoms with Gasteiger partial charge in [0.15, 0.2) is 16.7 Å². The number of hydrogen-bond acceptors (Lipinski definition) is 8. The smallest absolute Gasteiger partial charge is 0.269 e. The van der Waals surface area contributed by atoms with Crippen LogP contribution in [0.2, 0.25) is 0 Å². The van der Waals surface area contributed by atoms with E-state index in [4.69, 9.17) is 14.2 Å². The summed E-state index contributed by atoms with van der Waals surface area (Å²) in [4.78, 5) is 28.2. The highest BCUT2D eigenvalue weighted by Gasteiger charge is 2.24. The lowest BCUT2D eigenvalue weighted by Crippen LogP contribution is -2.19. The second-order valence-electron chi connectivity index (χ2n) is 7.66. The molecule has 0 atom stereocenters. The Morgan fingerprint density at radius 3 is 2.62 bits per heavy atom. The van der Waals surface area contributed by atoms with Gasteiger partial charge >= 0.3 is 0 Å². The number of nitrogens with one attached hydrogen (secondary N) is 1. The number of nitro benzene ring substituents is 1. The number of amidine groups is 1. The highest BCUT2D eigenvalue weighted by Crippen LogP contribution is 2.37. The van der Waals surface area contributed by atoms with Gasteiger partial charge in [-0.1, -0.05) is 12.1 Å². The highest BCUT2D eigenvalue weighted by molar-refractivity contribution is 14.1. The second-order valence-corrected chi connectivity index (χ2v) is 9.85. The summed E-state index contributed by atoms with van der Waals surface area (Å²) in [5.74, 6) is 1.53. The average molecular weight is 631 g/mol. The Labute approximate surface area is 231 Å². The molecule has 1 heterocycles. The van der Waals surface area contributed by atoms with Gasteiger partial charge in [0, 0.05) is 12.1 Å². The van der Waals surface area contributed by atoms with Gasteiger partial charge in [0.1, 0.15) is 12.4 Å². The van der Waals surface area contributed by atoms with Gasteiger partial charge < -0.3 is 19.5 Å². The lowest BCUT2D eigenvalue weighted by Gasteiger charge is -2.15. The monoisotopic (exact) mass is 631 g/mol. The summed E-state index contributed by atoms with van der Waals surface area (Å²) in [6, 6.07) is 17.2. The molecule has 3 aromatic rings. The van der Waals surface area contributed by atoms with E-state index in [1.54, 1.807) is 43.5 Å². The van der Waals surface area contributed by atoms with Crippen molar-refractivity contribution in [3.05, 3.63) is 90.4 Å². The first-order valence-electron chi connectivity index (χ1n) is 11.1. The van der Waals surface area contributed by atoms with Crippen molar-refractivity contribution in [1.29, 1.82) is 0 Å². The molecule has 1 aliphatic rings. The van der Waals surface area contributed by atoms with Crippen LogP contribution in [0.3, 0.4) is 0 Å². The van der Waals surface area contributed by atoms with Crippen molar-refractivity contribution in [2.24, 2.45) is 4.99 Å². The van der Waals surface area contributed by atoms with Gasteiger partial charge in [-0.25, -0.2) is 4.99 Å². The van der Waals surface area contributed by atoms with Gasteiger partial charge in [-0.15, -0.1) is 0 Å². The van der Waals surface area contributed by atoms with Crippen LogP contribution >= 0.6 is 34.4 Å². The molecule has 0 aromatic heterocycles. The maximum atomic E-state index is 12.6. The zero-order valence-electron chi connectivity index (χ0n) is 19.9. The number of hydrogen-bond donors (Lipinski definition) is 1. The number of amides is 1. The van der Waals surface area contributed by atoms with E-state index in [1.165, 1.54) is 23.9 Å². The molecule has 0 radical (unpaired) electrons. The molecule has 9 nitrogen and oxygen atoms in total. The van der Waals surface area contributed by atoms with Crippen molar-refractivity contribution in [2.75, 3.05) is 13.7 Å². The topological polar surface area (TPSA) is 112 Å². The molecule has 1 saturated heterocycles. The van der Waals surface area contributed by atoms with E-state index >= 15 is 0 Å². The quantitative estimate of drug-likeness (QED) is 0.132. The minimum atomic E-state index is -0.439. The molecule has 0 spiro atoms. The van der Waals surface area contributed by atoms with Crippen molar-refractivity contribution in [2.45, 2.75) is 13.5 Å². The Kier molecular flexibility index (Phi) is 8.66. The van der Waals surface area contributed by atoms with Crippen LogP contribution in [0.4, 0.5) is 11.4 Å². The predicted molar refractivity (Wildman–Crippen MR) is 152 cm³/mol. The first-order chi connectivity index (χ1) is 17.9. The number of carbonyl (C=O) groups is 1. The number of rotatable bonds is 9. The molecular formula is C26H22IN3O6S. The van der Waals surface area contributed by atoms with Crippen LogP contribution in [0.5, 0.6) is 17.2 Å². The van der Waals surface area contributed by atoms with Crippen LogP contribution in [0, 0.1) is 13.7 Å². The number of aliphatic imine (C=N–C) groups is 1. The number of ether oxygens (including phenoxy) is 3. The van der Waals surface area contributed by atoms with E-state index in [1.807, 2.05) is 25.1 Å². The number of thioether (sulfide) groups is 1. The molecule has 0 saturated carbocycles. The summed E-state index contributed by atoms with van der Waals surface area (Å²) in [7, 11) is 1.60. The fourth-order valence-electron chi connectivity index (χ4n) is 3.40. The molecule has 1 amide bonds. The summed E-state index contributed by atoms with van der Waals surface area (Å²) in [5.41, 5.74) is 2.13. The number of nitro groups is 1. The maximum absolute atomic E-state index is 12.6. The van der Waals surface area contributed by atoms with Crippen LogP contribution < -0.4 is 19.5 Å². The molecule has 1 aliphatic heterocycles. The Morgan fingerprint density at radius 2 is 1.92 bits per heavy atom. The molecule has 0 bridgehead atoms. The summed E-state index contributed by atoms with van der Waals surface area (Å²) in [6.07, 6.45) is 1.77. The molecular weight excluding hydrogens is 609 g/mol. The first-order valence-corrected chi connectivity index (χ1v) is 13.0. The van der Waals surface area contributed by atoms with Crippen LogP contribution in [0.15, 0.2) is 70.6 Å². The van der Waals surface area contributed by atoms with Crippen molar-refractivity contribution in [3.63, 3.8) is 0 Å². The minimum Gasteiger partial charge on any atom is -0.497 e. The minimum absolute atomic E-state index is 0.00467. The molecule has 0 aliphatic carbocycles. The zero-order valence-corrected chi connectivity index (χ0v) is 22.9. The predicted octanol–water partition coefficient (Wildman–Crippen LogP) is 6.08. The Hall–Kier alpha value is -3.58. The third kappa shape index (κ3) is 6.80. The average Bonchev–Trinajstić information content (AvgIpc) is 3.22. The summed E-state index contributed by atoms with van der Waals surface area (Å²) in [6.45, 7) is 2.42. The highest BCUT2D eigenvalue weighted by atomic mass is 127. The number of non-ortho nitro benzene ring substituents is 1. The largest absolute Gasteiger partial charge is 0.497 e. The first kappa shape index (κ1) is 26.5. The Balaban J connectivity index is 1.54. The van der Waals surface area contributed by atoms with Gasteiger partial charge in [0.25, 0.3) is 11.6 Å². The van der Waals surface area contributed by atoms with E-state index in [-0.39, 0.29) is 18.2 Å². The van der Waals surface area contributed by atoms with Gasteiger partial charge in [-0.3, -0.25) is 14.9 Å². The van der Waals surface area contributed by atoms with Gasteiger partial charge in [0.2, 0.25) is 0 Å². The molecule has 1 N–H and O–H groups in total. The lowest BCUT2D eigenvalue weighted by atomic mass is 10.1. The standard InChI is InChI=1S/C26H22IN3O6S/c1-3-35-22-13-17(12-21(27)24(22)36-15-16-5-4-6-19(11-16)30(32)33)14-23-25(31)29-26(37-23)28-18-7-9-20(34-2)10-8-18/h4-14H,3,15H2,1-2H3,(H,28,29,31)/b23-14+. The lowest BCUT2D eigenvalue weighted by molar-refractivity contribution is -0.384. The molecule has 4 rings (SSSR count). The van der Waals surface area contributed by atoms with E-state index < -0.39 is 4.92 Å². The number of nitrogens with zero attached hydrogens (tertiary/aromatic N) is 2. The van der Waals surface area contributed by atoms with Gasteiger partial charge in [-0.05, 0) is 94.9 Å². The van der Waals surface area contributed by atoms with Crippen molar-refractivity contribution in [3.8, 4) is 17.2 Å². The molecule has 0 unspecified atom stereocenters. The molecule has 190 valence electrons. The number of halogens is 1. The zero-order chi connectivity index (χ0) is 26.4. The number of benzene rings is 3. The fourth-order valence-corrected chi connectivity index (χ4v) is 5.02. The summed E-state index contributed by atoms with van der Waals surface area (Å²) >= 11 is 3.39. The number of carbonyl (C=O) groups excluding carboxylic acids is 1. The van der Waals surface area contributed by atoms with Crippen molar-refractivity contribution >= 4 is 62.9 Å². The fraction of sp³-hybridized carbons (Fsp3) is 0.154. The summed E-state index contributed by atoms with van der Waals surface area (Å²) < 4.78 is 17.7. The van der Waals surface area contributed by atoms with E-state index in [0.717, 1.165) is 14.9 Å². The van der Waals surface area contributed by atoms with Gasteiger partial charge in [-0.2, -0.15) is 0 Å². The van der Waals surface area contributed by atoms with E-state index in [9.17, 15) is 14.9 Å². The normalized spacial score (nSPS) is 15.1. The third-order valence-electron chi connectivity index (χ3n) is 5.09. The van der Waals surface area contributed by atoms with Crippen LogP contribution in [-0.4, -0.2) is 29.7 Å². The van der Waals surface area contributed by atoms with Crippen molar-refractivity contribution < 1.29 is 23.9 Å². The molecule has 11 heteroatoms. The van der Waals surface area contributed by atoms with Gasteiger partial charge in [0.05, 0.1) is 32.8 Å². The van der Waals surface area contributed by atoms with E-state index in [0.29, 0.717) is 39.4 Å². The third-order valence-corrected chi connectivity index (χ3v) is 6.80. The second kappa shape index (κ2) is 12.1. The Morgan fingerprint density at radius 1 is 1.14 bits per heavy atom. The van der Waals surface area contributed by atoms with Crippen LogP contribution in [0.25, 0.3) is 6.08 Å². The number of methoxy groups -OCH3 is 1. The SMILES string of the molecule is CCOc1cc(/C=C2/SC(=Nc3ccc(OC)cc3)NC2=O)cc(I)c1OCc1cccc([N+](=O)[O-])c1. The molecule has 3 aromatic carbocycles. The van der Waals surface area contributed by atoms with Crippen molar-refractivity contribution in [1.82, 2.24) is 5.32 Å². The Bertz CT molecular complexity index is 1390. The molecule has 1 fully saturated rings. The summed E-state index contributed by atoms with van der Waals surface area (Å²) in [5, 5.41) is 14.3. The van der Waals surface area contributed by atoms with Crippen LogP contribution in [-0.2, 0) is 11.4 Å². The van der Waals surface area contributed by atoms with E-state index in [2.05, 4.69) is 32.9 Å².